The molecular formula is C12H18N4OS. The van der Waals surface area contributed by atoms with Gasteiger partial charge in [0.2, 0.25) is 0 Å². The van der Waals surface area contributed by atoms with Crippen LogP contribution in [0.5, 0.6) is 0 Å². The topological polar surface area (TPSA) is 47.8 Å². The van der Waals surface area contributed by atoms with Crippen molar-refractivity contribution in [2.75, 3.05) is 13.2 Å². The fourth-order valence-corrected chi connectivity index (χ4v) is 3.06. The minimum atomic E-state index is 0.432. The molecule has 0 amide bonds. The highest BCUT2D eigenvalue weighted by Crippen LogP contribution is 2.27. The van der Waals surface area contributed by atoms with Gasteiger partial charge in [-0.15, -0.1) is 0 Å². The van der Waals surface area contributed by atoms with Crippen molar-refractivity contribution in [1.29, 1.82) is 0 Å². The SMILES string of the molecule is CCn1nc(C)c2[nH]c(=S)n(C3CCOCC3)c21. The molecule has 0 spiro atoms. The van der Waals surface area contributed by atoms with Crippen molar-refractivity contribution >= 4 is 23.4 Å². The number of rotatable bonds is 2. The van der Waals surface area contributed by atoms with E-state index < -0.39 is 0 Å². The molecule has 0 unspecified atom stereocenters. The number of ether oxygens (including phenoxy) is 1. The molecule has 0 saturated carbocycles. The molecule has 3 rings (SSSR count). The Hall–Kier alpha value is -1.14. The summed E-state index contributed by atoms with van der Waals surface area (Å²) < 4.78 is 10.5. The van der Waals surface area contributed by atoms with Crippen LogP contribution in [0, 0.1) is 11.7 Å². The van der Waals surface area contributed by atoms with Gasteiger partial charge in [0.15, 0.2) is 10.4 Å². The molecule has 1 aliphatic heterocycles. The van der Waals surface area contributed by atoms with Crippen LogP contribution >= 0.6 is 12.2 Å². The highest BCUT2D eigenvalue weighted by molar-refractivity contribution is 7.71. The summed E-state index contributed by atoms with van der Waals surface area (Å²) >= 11 is 5.48. The second kappa shape index (κ2) is 4.51. The molecule has 5 nitrogen and oxygen atoms in total. The molecule has 0 radical (unpaired) electrons. The molecule has 98 valence electrons. The molecule has 2 aromatic rings. The molecule has 0 atom stereocenters. The summed E-state index contributed by atoms with van der Waals surface area (Å²) in [5, 5.41) is 4.55. The zero-order valence-electron chi connectivity index (χ0n) is 10.8. The summed E-state index contributed by atoms with van der Waals surface area (Å²) in [6.45, 7) is 6.63. The van der Waals surface area contributed by atoms with E-state index in [0.717, 1.165) is 54.2 Å². The lowest BCUT2D eigenvalue weighted by Crippen LogP contribution is -2.20. The first kappa shape index (κ1) is 11.9. The van der Waals surface area contributed by atoms with Crippen LogP contribution in [0.15, 0.2) is 0 Å². The molecule has 3 heterocycles. The van der Waals surface area contributed by atoms with E-state index in [-0.39, 0.29) is 0 Å². The average molecular weight is 266 g/mol. The Balaban J connectivity index is 2.20. The molecule has 0 bridgehead atoms. The summed E-state index contributed by atoms with van der Waals surface area (Å²) in [6.07, 6.45) is 2.05. The first-order chi connectivity index (χ1) is 8.72. The summed E-state index contributed by atoms with van der Waals surface area (Å²) in [5.74, 6) is 0. The minimum Gasteiger partial charge on any atom is -0.381 e. The van der Waals surface area contributed by atoms with E-state index >= 15 is 0 Å². The predicted octanol–water partition coefficient (Wildman–Crippen LogP) is 2.58. The Morgan fingerprint density at radius 2 is 2.17 bits per heavy atom. The normalized spacial score (nSPS) is 17.7. The number of nitrogens with one attached hydrogen (secondary N) is 1. The van der Waals surface area contributed by atoms with Gasteiger partial charge in [-0.3, -0.25) is 4.57 Å². The number of aromatic amines is 1. The minimum absolute atomic E-state index is 0.432. The Morgan fingerprint density at radius 3 is 2.83 bits per heavy atom. The summed E-state index contributed by atoms with van der Waals surface area (Å²) in [6, 6.07) is 0.432. The van der Waals surface area contributed by atoms with E-state index in [1.807, 2.05) is 11.6 Å². The Bertz CT molecular complexity index is 618. The van der Waals surface area contributed by atoms with Gasteiger partial charge in [-0.25, -0.2) is 4.68 Å². The van der Waals surface area contributed by atoms with Crippen LogP contribution in [0.1, 0.15) is 31.5 Å². The maximum absolute atomic E-state index is 5.48. The second-order valence-electron chi connectivity index (χ2n) is 4.74. The van der Waals surface area contributed by atoms with E-state index in [2.05, 4.69) is 21.6 Å². The van der Waals surface area contributed by atoms with Gasteiger partial charge in [0.1, 0.15) is 5.52 Å². The molecule has 1 N–H and O–H groups in total. The Morgan fingerprint density at radius 1 is 1.44 bits per heavy atom. The molecule has 6 heteroatoms. The number of aromatic nitrogens is 4. The summed E-state index contributed by atoms with van der Waals surface area (Å²) in [4.78, 5) is 3.30. The van der Waals surface area contributed by atoms with Crippen molar-refractivity contribution in [2.24, 2.45) is 0 Å². The average Bonchev–Trinajstić information content (AvgIpc) is 2.88. The number of H-pyrrole nitrogens is 1. The number of nitrogens with zero attached hydrogens (tertiary/aromatic N) is 3. The lowest BCUT2D eigenvalue weighted by atomic mass is 10.1. The van der Waals surface area contributed by atoms with Gasteiger partial charge in [0.25, 0.3) is 0 Å². The lowest BCUT2D eigenvalue weighted by molar-refractivity contribution is 0.0699. The largest absolute Gasteiger partial charge is 0.381 e. The highest BCUT2D eigenvalue weighted by Gasteiger charge is 2.22. The molecule has 0 aliphatic carbocycles. The zero-order chi connectivity index (χ0) is 12.7. The van der Waals surface area contributed by atoms with Crippen LogP contribution in [-0.2, 0) is 11.3 Å². The molecule has 1 aliphatic rings. The van der Waals surface area contributed by atoms with E-state index in [1.165, 1.54) is 0 Å². The number of imidazole rings is 1. The lowest BCUT2D eigenvalue weighted by Gasteiger charge is -2.24. The number of hydrogen-bond acceptors (Lipinski definition) is 3. The van der Waals surface area contributed by atoms with Gasteiger partial charge in [-0.2, -0.15) is 5.10 Å². The molecule has 2 aromatic heterocycles. The van der Waals surface area contributed by atoms with Gasteiger partial charge in [0.05, 0.1) is 5.69 Å². The number of fused-ring (bicyclic) bond motifs is 1. The Labute approximate surface area is 111 Å². The van der Waals surface area contributed by atoms with E-state index in [0.29, 0.717) is 6.04 Å². The third-order valence-corrected chi connectivity index (χ3v) is 3.93. The van der Waals surface area contributed by atoms with Gasteiger partial charge in [-0.05, 0) is 38.9 Å². The zero-order valence-corrected chi connectivity index (χ0v) is 11.6. The van der Waals surface area contributed by atoms with Gasteiger partial charge < -0.3 is 9.72 Å². The second-order valence-corrected chi connectivity index (χ2v) is 5.13. The molecular weight excluding hydrogens is 248 g/mol. The van der Waals surface area contributed by atoms with Gasteiger partial charge in [-0.1, -0.05) is 0 Å². The maximum Gasteiger partial charge on any atom is 0.179 e. The van der Waals surface area contributed by atoms with Crippen LogP contribution in [0.3, 0.4) is 0 Å². The van der Waals surface area contributed by atoms with Crippen molar-refractivity contribution in [1.82, 2.24) is 19.3 Å². The van der Waals surface area contributed by atoms with Crippen molar-refractivity contribution in [2.45, 2.75) is 39.3 Å². The first-order valence-electron chi connectivity index (χ1n) is 6.47. The van der Waals surface area contributed by atoms with E-state index in [4.69, 9.17) is 17.0 Å². The molecule has 18 heavy (non-hydrogen) atoms. The highest BCUT2D eigenvalue weighted by atomic mass is 32.1. The fraction of sp³-hybridized carbons (Fsp3) is 0.667. The van der Waals surface area contributed by atoms with Crippen molar-refractivity contribution < 1.29 is 4.74 Å². The van der Waals surface area contributed by atoms with Crippen LogP contribution in [0.4, 0.5) is 0 Å². The standard InChI is InChI=1S/C12H18N4OS/c1-3-15-11-10(8(2)14-15)13-12(18)16(11)9-4-6-17-7-5-9/h9H,3-7H2,1-2H3,(H,13,18). The fourth-order valence-electron chi connectivity index (χ4n) is 2.73. The predicted molar refractivity (Wildman–Crippen MR) is 72.4 cm³/mol. The molecule has 1 fully saturated rings. The third-order valence-electron chi connectivity index (χ3n) is 3.64. The smallest absolute Gasteiger partial charge is 0.179 e. The van der Waals surface area contributed by atoms with Crippen LogP contribution in [0.25, 0.3) is 11.2 Å². The number of hydrogen-bond donors (Lipinski definition) is 1. The first-order valence-corrected chi connectivity index (χ1v) is 6.88. The molecule has 0 aromatic carbocycles. The Kier molecular flexibility index (Phi) is 2.99. The summed E-state index contributed by atoms with van der Waals surface area (Å²) in [7, 11) is 0. The van der Waals surface area contributed by atoms with E-state index in [1.54, 1.807) is 0 Å². The van der Waals surface area contributed by atoms with E-state index in [9.17, 15) is 0 Å². The van der Waals surface area contributed by atoms with Crippen LogP contribution in [0.2, 0.25) is 0 Å². The monoisotopic (exact) mass is 266 g/mol. The van der Waals surface area contributed by atoms with Crippen molar-refractivity contribution in [3.63, 3.8) is 0 Å². The van der Waals surface area contributed by atoms with Crippen LogP contribution in [-0.4, -0.2) is 32.5 Å². The van der Waals surface area contributed by atoms with Crippen molar-refractivity contribution in [3.8, 4) is 0 Å². The number of aryl methyl sites for hydroxylation is 2. The van der Waals surface area contributed by atoms with Crippen molar-refractivity contribution in [3.05, 3.63) is 10.5 Å². The quantitative estimate of drug-likeness (QED) is 0.850. The third kappa shape index (κ3) is 1.71. The van der Waals surface area contributed by atoms with Gasteiger partial charge >= 0.3 is 0 Å². The maximum atomic E-state index is 5.48. The summed E-state index contributed by atoms with van der Waals surface area (Å²) in [5.41, 5.74) is 3.23. The van der Waals surface area contributed by atoms with Gasteiger partial charge in [0, 0.05) is 25.8 Å². The molecule has 1 saturated heterocycles. The van der Waals surface area contributed by atoms with Crippen LogP contribution < -0.4 is 0 Å².